The first-order valence-electron chi connectivity index (χ1n) is 23.0. The third-order valence-electron chi connectivity index (χ3n) is 12.9. The summed E-state index contributed by atoms with van der Waals surface area (Å²) in [5, 5.41) is 0. The summed E-state index contributed by atoms with van der Waals surface area (Å²) in [4.78, 5) is 25.5. The van der Waals surface area contributed by atoms with Crippen molar-refractivity contribution in [3.05, 3.63) is 215 Å². The molecule has 6 aromatic rings. The van der Waals surface area contributed by atoms with Crippen LogP contribution in [0.4, 0.5) is 0 Å². The molecule has 3 nitrogen and oxygen atoms in total. The van der Waals surface area contributed by atoms with Crippen LogP contribution < -0.4 is 0 Å². The molecule has 0 saturated heterocycles. The van der Waals surface area contributed by atoms with Crippen LogP contribution in [-0.2, 0) is 25.2 Å². The standard InChI is InChI=1S/C58H66O3/c1-47(29-13-3-5-27-43-57(49-31-15-7-16-32-49,50-33-17-8-18-34-50)51-35-19-9-20-36-51)45-55(59)61-56(60)46-48(2)30-14-4-6-28-44-58(52-37-21-10-22-38-52,53-39-23-11-24-40-53)54-41-25-12-26-42-54/h7-12,15-26,31-42,47-48H,3-6,13-14,27-30,43-46H2,1-2H3. The molecule has 0 saturated carbocycles. The van der Waals surface area contributed by atoms with Gasteiger partial charge in [0.1, 0.15) is 0 Å². The Kier molecular flexibility index (Phi) is 17.3. The van der Waals surface area contributed by atoms with Gasteiger partial charge in [-0.2, -0.15) is 0 Å². The van der Waals surface area contributed by atoms with E-state index in [0.717, 1.165) is 77.0 Å². The van der Waals surface area contributed by atoms with Gasteiger partial charge in [-0.15, -0.1) is 0 Å². The molecule has 0 aliphatic carbocycles. The van der Waals surface area contributed by atoms with Crippen molar-refractivity contribution >= 4 is 11.9 Å². The van der Waals surface area contributed by atoms with Crippen LogP contribution in [0.1, 0.15) is 137 Å². The molecule has 0 bridgehead atoms. The zero-order chi connectivity index (χ0) is 42.6. The summed E-state index contributed by atoms with van der Waals surface area (Å²) in [7, 11) is 0. The molecule has 0 aromatic heterocycles. The second-order valence-electron chi connectivity index (χ2n) is 17.4. The van der Waals surface area contributed by atoms with E-state index in [2.05, 4.69) is 196 Å². The van der Waals surface area contributed by atoms with E-state index in [-0.39, 0.29) is 47.4 Å². The van der Waals surface area contributed by atoms with Crippen LogP contribution in [-0.4, -0.2) is 11.9 Å². The first kappa shape index (κ1) is 45.0. The van der Waals surface area contributed by atoms with E-state index in [1.807, 2.05) is 0 Å². The number of benzene rings is 6. The molecule has 61 heavy (non-hydrogen) atoms. The topological polar surface area (TPSA) is 43.4 Å². The monoisotopic (exact) mass is 811 g/mol. The first-order chi connectivity index (χ1) is 29.9. The molecule has 2 unspecified atom stereocenters. The number of carbonyl (C=O) groups excluding carboxylic acids is 2. The number of esters is 2. The van der Waals surface area contributed by atoms with Crippen LogP contribution in [0.3, 0.4) is 0 Å². The lowest BCUT2D eigenvalue weighted by Gasteiger charge is -2.36. The summed E-state index contributed by atoms with van der Waals surface area (Å²) in [5.74, 6) is -0.415. The van der Waals surface area contributed by atoms with Crippen molar-refractivity contribution in [2.75, 3.05) is 0 Å². The van der Waals surface area contributed by atoms with Gasteiger partial charge < -0.3 is 4.74 Å². The Labute approximate surface area is 366 Å². The predicted molar refractivity (Wildman–Crippen MR) is 252 cm³/mol. The Morgan fingerprint density at radius 1 is 0.361 bits per heavy atom. The number of unbranched alkanes of at least 4 members (excludes halogenated alkanes) is 6. The SMILES string of the molecule is CC(CCCCCCC(c1ccccc1)(c1ccccc1)c1ccccc1)CC(=O)OC(=O)CC(C)CCCCCCC(c1ccccc1)(c1ccccc1)c1ccccc1. The molecule has 316 valence electrons. The second kappa shape index (κ2) is 23.5. The van der Waals surface area contributed by atoms with E-state index in [0.29, 0.717) is 0 Å². The zero-order valence-corrected chi connectivity index (χ0v) is 36.6. The molecular weight excluding hydrogens is 745 g/mol. The van der Waals surface area contributed by atoms with E-state index in [4.69, 9.17) is 4.74 Å². The Bertz CT molecular complexity index is 1780. The van der Waals surface area contributed by atoms with Crippen LogP contribution in [0.15, 0.2) is 182 Å². The summed E-state index contributed by atoms with van der Waals surface area (Å²) in [6.07, 6.45) is 13.3. The van der Waals surface area contributed by atoms with Gasteiger partial charge in [-0.05, 0) is 58.1 Å². The Balaban J connectivity index is 0.892. The van der Waals surface area contributed by atoms with Crippen LogP contribution >= 0.6 is 0 Å². The highest BCUT2D eigenvalue weighted by atomic mass is 16.6. The maximum atomic E-state index is 12.8. The van der Waals surface area contributed by atoms with Crippen molar-refractivity contribution in [3.8, 4) is 0 Å². The molecule has 0 heterocycles. The lowest BCUT2D eigenvalue weighted by Crippen LogP contribution is -2.29. The minimum Gasteiger partial charge on any atom is -0.393 e. The summed E-state index contributed by atoms with van der Waals surface area (Å²) in [5.41, 5.74) is 7.50. The molecule has 0 aliphatic heterocycles. The van der Waals surface area contributed by atoms with Crippen molar-refractivity contribution in [2.24, 2.45) is 11.8 Å². The van der Waals surface area contributed by atoms with Crippen molar-refractivity contribution in [3.63, 3.8) is 0 Å². The highest BCUT2D eigenvalue weighted by Crippen LogP contribution is 2.45. The number of hydrogen-bond donors (Lipinski definition) is 0. The van der Waals surface area contributed by atoms with E-state index >= 15 is 0 Å². The van der Waals surface area contributed by atoms with E-state index in [1.54, 1.807) is 0 Å². The first-order valence-corrected chi connectivity index (χ1v) is 23.0. The van der Waals surface area contributed by atoms with Crippen molar-refractivity contribution in [1.82, 2.24) is 0 Å². The van der Waals surface area contributed by atoms with Crippen LogP contribution in [0.5, 0.6) is 0 Å². The maximum absolute atomic E-state index is 12.8. The maximum Gasteiger partial charge on any atom is 0.313 e. The minimum absolute atomic E-state index is 0.180. The third kappa shape index (κ3) is 12.3. The number of ether oxygens (including phenoxy) is 1. The van der Waals surface area contributed by atoms with E-state index < -0.39 is 0 Å². The largest absolute Gasteiger partial charge is 0.393 e. The van der Waals surface area contributed by atoms with Gasteiger partial charge >= 0.3 is 11.9 Å². The molecule has 0 fully saturated rings. The van der Waals surface area contributed by atoms with Crippen molar-refractivity contribution < 1.29 is 14.3 Å². The second-order valence-corrected chi connectivity index (χ2v) is 17.4. The van der Waals surface area contributed by atoms with Gasteiger partial charge in [0.15, 0.2) is 0 Å². The van der Waals surface area contributed by atoms with Crippen LogP contribution in [0, 0.1) is 11.8 Å². The highest BCUT2D eigenvalue weighted by molar-refractivity contribution is 5.85. The number of carbonyl (C=O) groups is 2. The fraction of sp³-hybridized carbons (Fsp3) is 0.345. The summed E-state index contributed by atoms with van der Waals surface area (Å²) >= 11 is 0. The molecule has 3 heteroatoms. The number of rotatable bonds is 24. The summed E-state index contributed by atoms with van der Waals surface area (Å²) in [6.45, 7) is 4.20. The lowest BCUT2D eigenvalue weighted by atomic mass is 9.66. The summed E-state index contributed by atoms with van der Waals surface area (Å²) < 4.78 is 5.33. The van der Waals surface area contributed by atoms with Crippen molar-refractivity contribution in [1.29, 1.82) is 0 Å². The van der Waals surface area contributed by atoms with Gasteiger partial charge in [0.05, 0.1) is 0 Å². The van der Waals surface area contributed by atoms with Gasteiger partial charge in [-0.25, -0.2) is 0 Å². The molecular formula is C58H66O3. The molecule has 6 rings (SSSR count). The highest BCUT2D eigenvalue weighted by Gasteiger charge is 2.36. The Morgan fingerprint density at radius 3 is 0.836 bits per heavy atom. The lowest BCUT2D eigenvalue weighted by molar-refractivity contribution is -0.160. The normalized spacial score (nSPS) is 12.7. The number of hydrogen-bond acceptors (Lipinski definition) is 3. The predicted octanol–water partition coefficient (Wildman–Crippen LogP) is 14.9. The fourth-order valence-electron chi connectivity index (χ4n) is 9.66. The van der Waals surface area contributed by atoms with Crippen LogP contribution in [0.2, 0.25) is 0 Å². The van der Waals surface area contributed by atoms with Crippen molar-refractivity contribution in [2.45, 2.75) is 115 Å². The molecule has 0 amide bonds. The molecule has 0 radical (unpaired) electrons. The van der Waals surface area contributed by atoms with E-state index in [1.165, 1.54) is 33.4 Å². The average Bonchev–Trinajstić information content (AvgIpc) is 3.30. The van der Waals surface area contributed by atoms with E-state index in [9.17, 15) is 9.59 Å². The molecule has 6 aromatic carbocycles. The summed E-state index contributed by atoms with van der Waals surface area (Å²) in [6, 6.07) is 65.6. The quantitative estimate of drug-likeness (QED) is 0.0265. The van der Waals surface area contributed by atoms with Gasteiger partial charge in [-0.1, -0.05) is 260 Å². The molecule has 2 atom stereocenters. The third-order valence-corrected chi connectivity index (χ3v) is 12.9. The molecule has 0 spiro atoms. The van der Waals surface area contributed by atoms with Gasteiger partial charge in [0, 0.05) is 23.7 Å². The Morgan fingerprint density at radius 2 is 0.590 bits per heavy atom. The molecule has 0 N–H and O–H groups in total. The minimum atomic E-state index is -0.387. The van der Waals surface area contributed by atoms with Gasteiger partial charge in [-0.3, -0.25) is 9.59 Å². The van der Waals surface area contributed by atoms with Gasteiger partial charge in [0.2, 0.25) is 0 Å². The van der Waals surface area contributed by atoms with Gasteiger partial charge in [0.25, 0.3) is 0 Å². The van der Waals surface area contributed by atoms with Crippen LogP contribution in [0.25, 0.3) is 0 Å². The Hall–Kier alpha value is -5.54. The smallest absolute Gasteiger partial charge is 0.313 e. The molecule has 0 aliphatic rings. The average molecular weight is 811 g/mol. The zero-order valence-electron chi connectivity index (χ0n) is 36.6. The fourth-order valence-corrected chi connectivity index (χ4v) is 9.66.